The van der Waals surface area contributed by atoms with Gasteiger partial charge in [0, 0.05) is 27.8 Å². The molecular weight excluding hydrogens is 583 g/mol. The van der Waals surface area contributed by atoms with E-state index in [0.29, 0.717) is 0 Å². The van der Waals surface area contributed by atoms with Crippen molar-refractivity contribution < 1.29 is 4.42 Å². The van der Waals surface area contributed by atoms with Gasteiger partial charge in [0.1, 0.15) is 11.2 Å². The Kier molecular flexibility index (Phi) is 7.57. The van der Waals surface area contributed by atoms with Gasteiger partial charge in [0.25, 0.3) is 0 Å². The summed E-state index contributed by atoms with van der Waals surface area (Å²) in [5.41, 5.74) is 18.1. The first-order valence-electron chi connectivity index (χ1n) is 16.9. The summed E-state index contributed by atoms with van der Waals surface area (Å²) in [5, 5.41) is 2.25. The van der Waals surface area contributed by atoms with Gasteiger partial charge in [0.15, 0.2) is 0 Å². The summed E-state index contributed by atoms with van der Waals surface area (Å²) in [6.07, 6.45) is 6.83. The summed E-state index contributed by atoms with van der Waals surface area (Å²) in [4.78, 5) is 2.38. The standard InChI is InChI=1S/C46H39NO/c1-30-11-5-7-13-39(30)41-25-20-35(27-33(41)4)34-18-22-36(23-19-34)47(37-21-17-32(3)43(28-37)40-14-8-6-12-31(40)2)38-24-26-46-44(29-38)42-15-9-10-16-45(42)48-46/h5,7-11,13-29H,6,12H2,1-4H3. The van der Waals surface area contributed by atoms with Gasteiger partial charge in [-0.15, -0.1) is 0 Å². The predicted molar refractivity (Wildman–Crippen MR) is 204 cm³/mol. The van der Waals surface area contributed by atoms with Crippen molar-refractivity contribution in [3.8, 4) is 22.3 Å². The minimum Gasteiger partial charge on any atom is -0.456 e. The SMILES string of the molecule is CC1=C(c2cc(N(c3ccc(-c4ccc(-c5ccccc5C)c(C)c4)cc3)c3ccc4oc5ccccc5c4c3)ccc2C)C=CCC1. The Morgan fingerprint density at radius 1 is 0.500 bits per heavy atom. The van der Waals surface area contributed by atoms with E-state index in [1.165, 1.54) is 55.7 Å². The van der Waals surface area contributed by atoms with E-state index in [1.54, 1.807) is 0 Å². The van der Waals surface area contributed by atoms with Crippen LogP contribution in [0.4, 0.5) is 17.1 Å². The van der Waals surface area contributed by atoms with Crippen LogP contribution in [0.25, 0.3) is 49.8 Å². The van der Waals surface area contributed by atoms with Crippen molar-refractivity contribution >= 4 is 44.6 Å². The highest BCUT2D eigenvalue weighted by molar-refractivity contribution is 6.06. The Bertz CT molecular complexity index is 2380. The lowest BCUT2D eigenvalue weighted by atomic mass is 9.90. The summed E-state index contributed by atoms with van der Waals surface area (Å²) >= 11 is 0. The quantitative estimate of drug-likeness (QED) is 0.184. The number of anilines is 3. The Labute approximate surface area is 283 Å². The largest absolute Gasteiger partial charge is 0.456 e. The van der Waals surface area contributed by atoms with Gasteiger partial charge in [-0.25, -0.2) is 0 Å². The van der Waals surface area contributed by atoms with Crippen LogP contribution in [0.5, 0.6) is 0 Å². The number of nitrogens with zero attached hydrogens (tertiary/aromatic N) is 1. The lowest BCUT2D eigenvalue weighted by molar-refractivity contribution is 0.669. The molecule has 0 N–H and O–H groups in total. The monoisotopic (exact) mass is 621 g/mol. The number of aryl methyl sites for hydroxylation is 3. The first-order chi connectivity index (χ1) is 23.4. The van der Waals surface area contributed by atoms with Crippen molar-refractivity contribution in [1.29, 1.82) is 0 Å². The van der Waals surface area contributed by atoms with Crippen LogP contribution >= 0.6 is 0 Å². The second-order valence-electron chi connectivity index (χ2n) is 13.1. The predicted octanol–water partition coefficient (Wildman–Crippen LogP) is 13.4. The van der Waals surface area contributed by atoms with Crippen LogP contribution in [-0.2, 0) is 0 Å². The molecule has 0 spiro atoms. The number of hydrogen-bond acceptors (Lipinski definition) is 2. The molecule has 0 aliphatic heterocycles. The van der Waals surface area contributed by atoms with Crippen LogP contribution in [0, 0.1) is 20.8 Å². The van der Waals surface area contributed by atoms with Crippen LogP contribution in [0.2, 0.25) is 0 Å². The number of furan rings is 1. The topological polar surface area (TPSA) is 16.4 Å². The minimum absolute atomic E-state index is 0.900. The van der Waals surface area contributed by atoms with Gasteiger partial charge in [0.05, 0.1) is 0 Å². The van der Waals surface area contributed by atoms with E-state index < -0.39 is 0 Å². The molecule has 0 saturated heterocycles. The smallest absolute Gasteiger partial charge is 0.135 e. The third kappa shape index (κ3) is 5.34. The molecule has 1 aliphatic carbocycles. The molecule has 8 rings (SSSR count). The maximum absolute atomic E-state index is 6.21. The fraction of sp³-hybridized carbons (Fsp3) is 0.130. The normalized spacial score (nSPS) is 13.1. The van der Waals surface area contributed by atoms with Crippen LogP contribution < -0.4 is 4.90 Å². The van der Waals surface area contributed by atoms with Gasteiger partial charge in [-0.2, -0.15) is 0 Å². The van der Waals surface area contributed by atoms with E-state index >= 15 is 0 Å². The van der Waals surface area contributed by atoms with Gasteiger partial charge < -0.3 is 9.32 Å². The van der Waals surface area contributed by atoms with Crippen molar-refractivity contribution in [3.05, 3.63) is 167 Å². The van der Waals surface area contributed by atoms with Crippen LogP contribution in [-0.4, -0.2) is 0 Å². The highest BCUT2D eigenvalue weighted by Gasteiger charge is 2.18. The second-order valence-corrected chi connectivity index (χ2v) is 13.1. The van der Waals surface area contributed by atoms with E-state index in [2.05, 4.69) is 160 Å². The zero-order valence-electron chi connectivity index (χ0n) is 28.0. The van der Waals surface area contributed by atoms with Crippen molar-refractivity contribution in [2.24, 2.45) is 0 Å². The molecular formula is C46H39NO. The molecule has 0 atom stereocenters. The van der Waals surface area contributed by atoms with Crippen LogP contribution in [0.15, 0.2) is 150 Å². The molecule has 2 nitrogen and oxygen atoms in total. The van der Waals surface area contributed by atoms with E-state index in [1.807, 2.05) is 12.1 Å². The molecule has 0 saturated carbocycles. The number of hydrogen-bond donors (Lipinski definition) is 0. The molecule has 0 fully saturated rings. The summed E-state index contributed by atoms with van der Waals surface area (Å²) in [6.45, 7) is 8.89. The van der Waals surface area contributed by atoms with Crippen LogP contribution in [0.1, 0.15) is 42.0 Å². The van der Waals surface area contributed by atoms with Crippen molar-refractivity contribution in [1.82, 2.24) is 0 Å². The highest BCUT2D eigenvalue weighted by atomic mass is 16.3. The van der Waals surface area contributed by atoms with Gasteiger partial charge in [-0.05, 0) is 139 Å². The van der Waals surface area contributed by atoms with E-state index in [-0.39, 0.29) is 0 Å². The maximum Gasteiger partial charge on any atom is 0.135 e. The minimum atomic E-state index is 0.900. The molecule has 1 aliphatic rings. The summed E-state index contributed by atoms with van der Waals surface area (Å²) < 4.78 is 6.21. The van der Waals surface area contributed by atoms with Crippen molar-refractivity contribution in [2.75, 3.05) is 4.90 Å². The Morgan fingerprint density at radius 3 is 1.98 bits per heavy atom. The van der Waals surface area contributed by atoms with Gasteiger partial charge in [0.2, 0.25) is 0 Å². The Balaban J connectivity index is 1.23. The molecule has 6 aromatic carbocycles. The molecule has 7 aromatic rings. The fourth-order valence-electron chi connectivity index (χ4n) is 7.26. The third-order valence-electron chi connectivity index (χ3n) is 9.94. The molecule has 2 heteroatoms. The fourth-order valence-corrected chi connectivity index (χ4v) is 7.26. The lowest BCUT2D eigenvalue weighted by Crippen LogP contribution is -2.10. The molecule has 234 valence electrons. The van der Waals surface area contributed by atoms with Crippen molar-refractivity contribution in [3.63, 3.8) is 0 Å². The lowest BCUT2D eigenvalue weighted by Gasteiger charge is -2.27. The van der Waals surface area contributed by atoms with Gasteiger partial charge >= 0.3 is 0 Å². The van der Waals surface area contributed by atoms with E-state index in [4.69, 9.17) is 4.42 Å². The Hall–Kier alpha value is -5.60. The van der Waals surface area contributed by atoms with E-state index in [9.17, 15) is 0 Å². The number of allylic oxidation sites excluding steroid dienone is 4. The number of fused-ring (bicyclic) bond motifs is 3. The van der Waals surface area contributed by atoms with Crippen LogP contribution in [0.3, 0.4) is 0 Å². The molecule has 0 bridgehead atoms. The first-order valence-corrected chi connectivity index (χ1v) is 16.9. The maximum atomic E-state index is 6.21. The number of para-hydroxylation sites is 1. The molecule has 0 radical (unpaired) electrons. The molecule has 1 heterocycles. The highest BCUT2D eigenvalue weighted by Crippen LogP contribution is 2.41. The molecule has 0 unspecified atom stereocenters. The average Bonchev–Trinajstić information content (AvgIpc) is 3.48. The van der Waals surface area contributed by atoms with E-state index in [0.717, 1.165) is 51.8 Å². The van der Waals surface area contributed by atoms with Gasteiger partial charge in [-0.1, -0.05) is 96.6 Å². The molecule has 48 heavy (non-hydrogen) atoms. The zero-order chi connectivity index (χ0) is 32.8. The zero-order valence-corrected chi connectivity index (χ0v) is 28.0. The number of rotatable bonds is 6. The molecule has 1 aromatic heterocycles. The Morgan fingerprint density at radius 2 is 1.17 bits per heavy atom. The second kappa shape index (κ2) is 12.2. The first kappa shape index (κ1) is 29.8. The molecule has 0 amide bonds. The van der Waals surface area contributed by atoms with Crippen molar-refractivity contribution in [2.45, 2.75) is 40.5 Å². The summed E-state index contributed by atoms with van der Waals surface area (Å²) in [7, 11) is 0. The third-order valence-corrected chi connectivity index (χ3v) is 9.94. The summed E-state index contributed by atoms with van der Waals surface area (Å²) in [5.74, 6) is 0. The van der Waals surface area contributed by atoms with Gasteiger partial charge in [-0.3, -0.25) is 0 Å². The number of benzene rings is 6. The average molecular weight is 622 g/mol. The summed E-state index contributed by atoms with van der Waals surface area (Å²) in [6, 6.07) is 46.2.